The van der Waals surface area contributed by atoms with E-state index in [0.717, 1.165) is 22.5 Å². The highest BCUT2D eigenvalue weighted by Gasteiger charge is 2.20. The van der Waals surface area contributed by atoms with Gasteiger partial charge in [-0.15, -0.1) is 10.2 Å². The number of hydrogen-bond acceptors (Lipinski definition) is 7. The Hall–Kier alpha value is -2.66. The average Bonchev–Trinajstić information content (AvgIpc) is 3.18. The van der Waals surface area contributed by atoms with Crippen LogP contribution in [0.5, 0.6) is 0 Å². The molecular formula is C19H20N4O4S2. The quantitative estimate of drug-likeness (QED) is 0.397. The number of ether oxygens (including phenoxy) is 1. The van der Waals surface area contributed by atoms with Gasteiger partial charge >= 0.3 is 0 Å². The summed E-state index contributed by atoms with van der Waals surface area (Å²) >= 11 is 0.781. The molecule has 0 unspecified atom stereocenters. The van der Waals surface area contributed by atoms with E-state index in [-0.39, 0.29) is 28.5 Å². The predicted molar refractivity (Wildman–Crippen MR) is 110 cm³/mol. The zero-order chi connectivity index (χ0) is 20.7. The number of nitrogens with one attached hydrogen (secondary N) is 2. The van der Waals surface area contributed by atoms with Gasteiger partial charge in [-0.3, -0.25) is 10.1 Å². The Balaban J connectivity index is 1.49. The van der Waals surface area contributed by atoms with E-state index in [4.69, 9.17) is 4.74 Å². The third-order valence-electron chi connectivity index (χ3n) is 3.82. The molecule has 3 aromatic rings. The predicted octanol–water partition coefficient (Wildman–Crippen LogP) is 2.59. The second kappa shape index (κ2) is 9.70. The van der Waals surface area contributed by atoms with Gasteiger partial charge in [-0.05, 0) is 24.6 Å². The van der Waals surface area contributed by atoms with E-state index in [1.165, 1.54) is 0 Å². The van der Waals surface area contributed by atoms with E-state index in [1.807, 2.05) is 49.4 Å². The lowest BCUT2D eigenvalue weighted by molar-refractivity contribution is 0.102. The number of anilines is 1. The molecule has 2 aromatic carbocycles. The highest BCUT2D eigenvalue weighted by atomic mass is 32.2. The molecule has 152 valence electrons. The minimum Gasteiger partial charge on any atom is -0.375 e. The number of nitrogens with zero attached hydrogens (tertiary/aromatic N) is 2. The molecule has 0 atom stereocenters. The molecule has 10 heteroatoms. The van der Waals surface area contributed by atoms with Crippen LogP contribution in [0, 0.1) is 6.92 Å². The van der Waals surface area contributed by atoms with Gasteiger partial charge < -0.3 is 4.74 Å². The number of sulfonamides is 1. The summed E-state index contributed by atoms with van der Waals surface area (Å²) in [4.78, 5) is 12.2. The Labute approximate surface area is 173 Å². The maximum absolute atomic E-state index is 12.3. The Morgan fingerprint density at radius 1 is 1.07 bits per heavy atom. The van der Waals surface area contributed by atoms with Gasteiger partial charge in [0.05, 0.1) is 13.2 Å². The van der Waals surface area contributed by atoms with E-state index in [9.17, 15) is 13.2 Å². The molecule has 0 aliphatic carbocycles. The van der Waals surface area contributed by atoms with Crippen LogP contribution < -0.4 is 10.0 Å². The van der Waals surface area contributed by atoms with Crippen LogP contribution in [0.25, 0.3) is 0 Å². The molecule has 0 aliphatic heterocycles. The van der Waals surface area contributed by atoms with Crippen LogP contribution in [0.3, 0.4) is 0 Å². The largest absolute Gasteiger partial charge is 0.375 e. The van der Waals surface area contributed by atoms with Crippen molar-refractivity contribution in [1.29, 1.82) is 0 Å². The van der Waals surface area contributed by atoms with E-state index in [0.29, 0.717) is 12.2 Å². The molecule has 0 aliphatic rings. The second-order valence-corrected chi connectivity index (χ2v) is 9.05. The molecule has 8 nitrogen and oxygen atoms in total. The van der Waals surface area contributed by atoms with Crippen LogP contribution in [0.1, 0.15) is 21.5 Å². The number of hydrogen-bond donors (Lipinski definition) is 2. The number of aryl methyl sites for hydroxylation is 1. The van der Waals surface area contributed by atoms with Gasteiger partial charge in [-0.2, -0.15) is 0 Å². The molecule has 0 radical (unpaired) electrons. The van der Waals surface area contributed by atoms with Gasteiger partial charge in [0, 0.05) is 12.1 Å². The number of carbonyl (C=O) groups excluding carboxylic acids is 1. The molecule has 0 bridgehead atoms. The van der Waals surface area contributed by atoms with Gasteiger partial charge in [-0.1, -0.05) is 59.4 Å². The van der Waals surface area contributed by atoms with Crippen molar-refractivity contribution in [3.8, 4) is 0 Å². The standard InChI is InChI=1S/C19H20N4O4S2/c1-14-7-9-16(10-8-14)17(24)21-18-22-23-19(28-18)29(25,26)20-11-12-27-13-15-5-3-2-4-6-15/h2-10,20H,11-13H2,1H3,(H,21,22,24). The summed E-state index contributed by atoms with van der Waals surface area (Å²) in [6.45, 7) is 2.63. The van der Waals surface area contributed by atoms with Crippen LogP contribution in [-0.4, -0.2) is 37.7 Å². The summed E-state index contributed by atoms with van der Waals surface area (Å²) < 4.78 is 32.2. The van der Waals surface area contributed by atoms with E-state index < -0.39 is 10.0 Å². The molecule has 0 fully saturated rings. The lowest BCUT2D eigenvalue weighted by Crippen LogP contribution is -2.27. The SMILES string of the molecule is Cc1ccc(C(=O)Nc2nnc(S(=O)(=O)NCCOCc3ccccc3)s2)cc1. The minimum absolute atomic E-state index is 0.0970. The van der Waals surface area contributed by atoms with Crippen LogP contribution in [0.2, 0.25) is 0 Å². The molecule has 1 amide bonds. The number of amides is 1. The number of benzene rings is 2. The van der Waals surface area contributed by atoms with Crippen molar-refractivity contribution < 1.29 is 17.9 Å². The number of rotatable bonds is 9. The van der Waals surface area contributed by atoms with Crippen molar-refractivity contribution in [2.24, 2.45) is 0 Å². The van der Waals surface area contributed by atoms with E-state index in [2.05, 4.69) is 20.2 Å². The zero-order valence-electron chi connectivity index (χ0n) is 15.7. The molecule has 1 aromatic heterocycles. The third-order valence-corrected chi connectivity index (χ3v) is 6.49. The number of aromatic nitrogens is 2. The van der Waals surface area contributed by atoms with Crippen molar-refractivity contribution in [2.45, 2.75) is 17.9 Å². The smallest absolute Gasteiger partial charge is 0.269 e. The highest BCUT2D eigenvalue weighted by Crippen LogP contribution is 2.20. The summed E-state index contributed by atoms with van der Waals surface area (Å²) in [5, 5.41) is 10.1. The summed E-state index contributed by atoms with van der Waals surface area (Å²) in [5.41, 5.74) is 2.49. The monoisotopic (exact) mass is 432 g/mol. The third kappa shape index (κ3) is 6.16. The summed E-state index contributed by atoms with van der Waals surface area (Å²) in [6.07, 6.45) is 0. The Morgan fingerprint density at radius 2 is 1.79 bits per heavy atom. The van der Waals surface area contributed by atoms with Gasteiger partial charge in [0.15, 0.2) is 0 Å². The molecule has 3 rings (SSSR count). The molecule has 0 saturated heterocycles. The zero-order valence-corrected chi connectivity index (χ0v) is 17.3. The molecule has 2 N–H and O–H groups in total. The Morgan fingerprint density at radius 3 is 2.52 bits per heavy atom. The van der Waals surface area contributed by atoms with Crippen molar-refractivity contribution >= 4 is 32.4 Å². The maximum Gasteiger partial charge on any atom is 0.269 e. The van der Waals surface area contributed by atoms with E-state index >= 15 is 0 Å². The summed E-state index contributed by atoms with van der Waals surface area (Å²) in [7, 11) is -3.83. The first kappa shape index (κ1) is 21.1. The molecule has 29 heavy (non-hydrogen) atoms. The molecule has 1 heterocycles. The van der Waals surface area contributed by atoms with Crippen molar-refractivity contribution in [3.05, 3.63) is 71.3 Å². The van der Waals surface area contributed by atoms with Crippen LogP contribution in [0.4, 0.5) is 5.13 Å². The Bertz CT molecular complexity index is 1050. The summed E-state index contributed by atoms with van der Waals surface area (Å²) in [6, 6.07) is 16.6. The van der Waals surface area contributed by atoms with Crippen molar-refractivity contribution in [1.82, 2.24) is 14.9 Å². The van der Waals surface area contributed by atoms with Gasteiger partial charge in [0.1, 0.15) is 0 Å². The minimum atomic E-state index is -3.83. The lowest BCUT2D eigenvalue weighted by Gasteiger charge is -2.05. The average molecular weight is 433 g/mol. The first-order chi connectivity index (χ1) is 13.9. The second-order valence-electron chi connectivity index (χ2n) is 6.13. The normalized spacial score (nSPS) is 11.3. The van der Waals surface area contributed by atoms with Gasteiger partial charge in [0.2, 0.25) is 9.47 Å². The molecule has 0 spiro atoms. The summed E-state index contributed by atoms with van der Waals surface area (Å²) in [5.74, 6) is -0.382. The van der Waals surface area contributed by atoms with Crippen molar-refractivity contribution in [2.75, 3.05) is 18.5 Å². The molecule has 0 saturated carbocycles. The van der Waals surface area contributed by atoms with Crippen molar-refractivity contribution in [3.63, 3.8) is 0 Å². The first-order valence-electron chi connectivity index (χ1n) is 8.77. The first-order valence-corrected chi connectivity index (χ1v) is 11.1. The topological polar surface area (TPSA) is 110 Å². The highest BCUT2D eigenvalue weighted by molar-refractivity contribution is 7.91. The van der Waals surface area contributed by atoms with Gasteiger partial charge in [-0.25, -0.2) is 13.1 Å². The van der Waals surface area contributed by atoms with Crippen LogP contribution >= 0.6 is 11.3 Å². The van der Waals surface area contributed by atoms with E-state index in [1.54, 1.807) is 12.1 Å². The molecular weight excluding hydrogens is 412 g/mol. The lowest BCUT2D eigenvalue weighted by atomic mass is 10.1. The fourth-order valence-electron chi connectivity index (χ4n) is 2.32. The Kier molecular flexibility index (Phi) is 7.04. The van der Waals surface area contributed by atoms with Crippen LogP contribution in [0.15, 0.2) is 58.9 Å². The van der Waals surface area contributed by atoms with Gasteiger partial charge in [0.25, 0.3) is 15.9 Å². The van der Waals surface area contributed by atoms with Crippen LogP contribution in [-0.2, 0) is 21.4 Å². The maximum atomic E-state index is 12.3. The fourth-order valence-corrected chi connectivity index (χ4v) is 4.27. The number of carbonyl (C=O) groups is 1. The fraction of sp³-hybridized carbons (Fsp3) is 0.211.